The molecule has 0 saturated carbocycles. The summed E-state index contributed by atoms with van der Waals surface area (Å²) in [5.74, 6) is 1.92. The molecule has 0 heterocycles. The van der Waals surface area contributed by atoms with Gasteiger partial charge in [-0.25, -0.2) is 0 Å². The SMILES string of the molecule is C=C/C=C\C1=Cc2ccc(O)cc2C(C)C1CCCO.CC.CCCCC(C)C.CCNC.CCO. The van der Waals surface area contributed by atoms with Crippen LogP contribution in [0, 0.1) is 11.8 Å². The molecule has 0 saturated heterocycles. The van der Waals surface area contributed by atoms with Crippen LogP contribution in [0.25, 0.3) is 6.08 Å². The molecule has 0 amide bonds. The van der Waals surface area contributed by atoms with Gasteiger partial charge in [0.2, 0.25) is 0 Å². The Kier molecular flexibility index (Phi) is 29.7. The number of phenols is 1. The van der Waals surface area contributed by atoms with Crippen LogP contribution in [-0.4, -0.2) is 42.1 Å². The van der Waals surface area contributed by atoms with Crippen molar-refractivity contribution in [1.29, 1.82) is 0 Å². The fourth-order valence-electron chi connectivity index (χ4n) is 3.57. The summed E-state index contributed by atoms with van der Waals surface area (Å²) < 4.78 is 0. The number of aliphatic hydroxyl groups excluding tert-OH is 2. The van der Waals surface area contributed by atoms with Gasteiger partial charge < -0.3 is 20.6 Å². The third-order valence-corrected chi connectivity index (χ3v) is 5.50. The van der Waals surface area contributed by atoms with Gasteiger partial charge in [0.05, 0.1) is 0 Å². The van der Waals surface area contributed by atoms with Crippen molar-refractivity contribution in [2.24, 2.45) is 11.8 Å². The summed E-state index contributed by atoms with van der Waals surface area (Å²) in [5.41, 5.74) is 3.62. The van der Waals surface area contributed by atoms with Crippen molar-refractivity contribution in [2.45, 2.75) is 93.4 Å². The maximum atomic E-state index is 9.69. The number of hydrogen-bond acceptors (Lipinski definition) is 4. The molecule has 1 aliphatic carbocycles. The van der Waals surface area contributed by atoms with Gasteiger partial charge in [-0.3, -0.25) is 0 Å². The van der Waals surface area contributed by atoms with Crippen LogP contribution in [0.2, 0.25) is 0 Å². The van der Waals surface area contributed by atoms with Crippen molar-refractivity contribution < 1.29 is 15.3 Å². The minimum atomic E-state index is 0.217. The van der Waals surface area contributed by atoms with E-state index < -0.39 is 0 Å². The molecule has 1 aromatic rings. The Morgan fingerprint density at radius 3 is 2.08 bits per heavy atom. The Balaban J connectivity index is -0.000000562. The summed E-state index contributed by atoms with van der Waals surface area (Å²) in [6.45, 7) is 22.0. The lowest BCUT2D eigenvalue weighted by molar-refractivity contribution is 0.272. The predicted molar refractivity (Wildman–Crippen MR) is 162 cm³/mol. The minimum absolute atomic E-state index is 0.217. The van der Waals surface area contributed by atoms with E-state index in [2.05, 4.69) is 58.7 Å². The Morgan fingerprint density at radius 1 is 1.08 bits per heavy atom. The molecule has 210 valence electrons. The number of hydrogen-bond donors (Lipinski definition) is 4. The molecule has 2 rings (SSSR count). The zero-order chi connectivity index (χ0) is 28.4. The average Bonchev–Trinajstić information content (AvgIpc) is 2.88. The molecule has 2 unspecified atom stereocenters. The molecule has 0 bridgehead atoms. The minimum Gasteiger partial charge on any atom is -0.508 e. The molecule has 4 N–H and O–H groups in total. The highest BCUT2D eigenvalue weighted by Gasteiger charge is 2.27. The first-order chi connectivity index (χ1) is 17.3. The molecule has 0 spiro atoms. The lowest BCUT2D eigenvalue weighted by atomic mass is 9.73. The molecule has 4 nitrogen and oxygen atoms in total. The Morgan fingerprint density at radius 2 is 1.67 bits per heavy atom. The summed E-state index contributed by atoms with van der Waals surface area (Å²) in [6.07, 6.45) is 13.9. The van der Waals surface area contributed by atoms with Gasteiger partial charge in [-0.15, -0.1) is 0 Å². The summed E-state index contributed by atoms with van der Waals surface area (Å²) in [6, 6.07) is 5.55. The molecule has 36 heavy (non-hydrogen) atoms. The molecule has 0 aliphatic heterocycles. The normalized spacial score (nSPS) is 15.5. The van der Waals surface area contributed by atoms with Crippen LogP contribution < -0.4 is 5.32 Å². The van der Waals surface area contributed by atoms with E-state index in [1.165, 1.54) is 36.0 Å². The topological polar surface area (TPSA) is 72.7 Å². The highest BCUT2D eigenvalue weighted by atomic mass is 16.3. The maximum absolute atomic E-state index is 9.69. The maximum Gasteiger partial charge on any atom is 0.115 e. The smallest absolute Gasteiger partial charge is 0.115 e. The molecule has 4 heteroatoms. The van der Waals surface area contributed by atoms with Crippen molar-refractivity contribution in [3.8, 4) is 5.75 Å². The van der Waals surface area contributed by atoms with Gasteiger partial charge >= 0.3 is 0 Å². The number of phenolic OH excluding ortho intramolecular Hbond substituents is 1. The number of allylic oxidation sites excluding steroid dienone is 4. The van der Waals surface area contributed by atoms with E-state index >= 15 is 0 Å². The fraction of sp³-hybridized carbons (Fsp3) is 0.625. The highest BCUT2D eigenvalue weighted by molar-refractivity contribution is 5.65. The van der Waals surface area contributed by atoms with Gasteiger partial charge in [-0.2, -0.15) is 0 Å². The van der Waals surface area contributed by atoms with Crippen LogP contribution in [0.15, 0.2) is 48.6 Å². The van der Waals surface area contributed by atoms with Crippen LogP contribution in [0.5, 0.6) is 5.75 Å². The van der Waals surface area contributed by atoms with Gasteiger partial charge in [-0.05, 0) is 79.9 Å². The van der Waals surface area contributed by atoms with E-state index in [4.69, 9.17) is 10.2 Å². The fourth-order valence-corrected chi connectivity index (χ4v) is 3.57. The first-order valence-electron chi connectivity index (χ1n) is 14.0. The van der Waals surface area contributed by atoms with Gasteiger partial charge in [0.25, 0.3) is 0 Å². The van der Waals surface area contributed by atoms with Crippen LogP contribution >= 0.6 is 0 Å². The predicted octanol–water partition coefficient (Wildman–Crippen LogP) is 8.11. The Bertz CT molecular complexity index is 678. The molecule has 0 radical (unpaired) electrons. The quantitative estimate of drug-likeness (QED) is 0.256. The van der Waals surface area contributed by atoms with Crippen LogP contribution in [0.3, 0.4) is 0 Å². The van der Waals surface area contributed by atoms with Gasteiger partial charge in [0.15, 0.2) is 0 Å². The zero-order valence-electron chi connectivity index (χ0n) is 25.0. The summed E-state index contributed by atoms with van der Waals surface area (Å²) in [7, 11) is 1.93. The van der Waals surface area contributed by atoms with Crippen molar-refractivity contribution >= 4 is 6.08 Å². The van der Waals surface area contributed by atoms with E-state index in [0.29, 0.717) is 17.6 Å². The Hall–Kier alpha value is -1.88. The van der Waals surface area contributed by atoms with E-state index in [0.717, 1.165) is 25.3 Å². The molecule has 1 aromatic carbocycles. The molecule has 1 aliphatic rings. The van der Waals surface area contributed by atoms with Crippen molar-refractivity contribution in [1.82, 2.24) is 5.32 Å². The third-order valence-electron chi connectivity index (χ3n) is 5.50. The number of unbranched alkanes of at least 4 members (excludes halogenated alkanes) is 1. The van der Waals surface area contributed by atoms with Gasteiger partial charge in [0.1, 0.15) is 5.75 Å². The lowest BCUT2D eigenvalue weighted by Crippen LogP contribution is -2.17. The van der Waals surface area contributed by atoms with E-state index in [-0.39, 0.29) is 13.2 Å². The molecular formula is C32H59NO3. The second-order valence-electron chi connectivity index (χ2n) is 8.87. The second-order valence-corrected chi connectivity index (χ2v) is 8.87. The van der Waals surface area contributed by atoms with Crippen LogP contribution in [0.4, 0.5) is 0 Å². The highest BCUT2D eigenvalue weighted by Crippen LogP contribution is 2.42. The number of rotatable bonds is 9. The standard InChI is InChI=1S/C18H22O2.C7H16.C3H9N.C2H6O.C2H6/c1-3-4-6-14-11-15-8-9-16(20)12-18(15)13(2)17(14)7-5-10-19;1-4-5-6-7(2)3;1-3-4-2;1-2-3;1-2/h3-4,6,8-9,11-13,17,19-20H,1,5,7,10H2,2H3;7H,4-6H2,1-3H3;4H,3H2,1-2H3;3H,2H2,1H3;1-2H3/b6-4-;;;;. The first-order valence-corrected chi connectivity index (χ1v) is 14.0. The van der Waals surface area contributed by atoms with Crippen LogP contribution in [-0.2, 0) is 0 Å². The summed E-state index contributed by atoms with van der Waals surface area (Å²) >= 11 is 0. The molecule has 2 atom stereocenters. The first kappa shape index (κ1) is 38.6. The number of benzene rings is 1. The molecule has 0 fully saturated rings. The number of aliphatic hydroxyl groups is 2. The van der Waals surface area contributed by atoms with Gasteiger partial charge in [-0.1, -0.05) is 105 Å². The number of fused-ring (bicyclic) bond motifs is 1. The van der Waals surface area contributed by atoms with Crippen molar-refractivity contribution in [3.63, 3.8) is 0 Å². The van der Waals surface area contributed by atoms with Crippen LogP contribution in [0.1, 0.15) is 105 Å². The summed E-state index contributed by atoms with van der Waals surface area (Å²) in [5, 5.41) is 29.3. The van der Waals surface area contributed by atoms with Gasteiger partial charge in [0, 0.05) is 13.2 Å². The summed E-state index contributed by atoms with van der Waals surface area (Å²) in [4.78, 5) is 0. The molecular weight excluding hydrogens is 446 g/mol. The number of aromatic hydroxyl groups is 1. The average molecular weight is 506 g/mol. The van der Waals surface area contributed by atoms with E-state index in [1.807, 2.05) is 39.1 Å². The zero-order valence-corrected chi connectivity index (χ0v) is 25.0. The van der Waals surface area contributed by atoms with E-state index in [1.54, 1.807) is 19.1 Å². The van der Waals surface area contributed by atoms with E-state index in [9.17, 15) is 5.11 Å². The molecule has 0 aromatic heterocycles. The Labute approximate surface area is 224 Å². The largest absolute Gasteiger partial charge is 0.508 e. The lowest BCUT2D eigenvalue weighted by Gasteiger charge is -2.31. The second kappa shape index (κ2) is 27.7. The number of nitrogens with one attached hydrogen (secondary N) is 1. The van der Waals surface area contributed by atoms with Crippen molar-refractivity contribution in [3.05, 3.63) is 59.7 Å². The third kappa shape index (κ3) is 19.3. The monoisotopic (exact) mass is 505 g/mol. The van der Waals surface area contributed by atoms with Crippen molar-refractivity contribution in [2.75, 3.05) is 26.8 Å².